The minimum atomic E-state index is -3.67. The molecule has 0 saturated heterocycles. The summed E-state index contributed by atoms with van der Waals surface area (Å²) in [7, 11) is -3.67. The topological polar surface area (TPSA) is 72.2 Å². The molecule has 3 N–H and O–H groups in total. The number of nitrogens with two attached hydrogens (primary N) is 1. The smallest absolute Gasteiger partial charge is 0.240 e. The molecule has 7 heteroatoms. The zero-order valence-corrected chi connectivity index (χ0v) is 11.9. The average molecular weight is 292 g/mol. The van der Waals surface area contributed by atoms with Gasteiger partial charge in [-0.15, -0.1) is 0 Å². The Balaban J connectivity index is 2.77. The maximum Gasteiger partial charge on any atom is 0.240 e. The van der Waals surface area contributed by atoms with Crippen molar-refractivity contribution in [3.05, 3.63) is 24.0 Å². The lowest BCUT2D eigenvalue weighted by atomic mass is 10.2. The van der Waals surface area contributed by atoms with E-state index in [0.29, 0.717) is 6.54 Å². The fourth-order valence-electron chi connectivity index (χ4n) is 1.35. The zero-order valence-electron chi connectivity index (χ0n) is 10.3. The van der Waals surface area contributed by atoms with Crippen molar-refractivity contribution in [2.45, 2.75) is 11.8 Å². The van der Waals surface area contributed by atoms with Crippen molar-refractivity contribution < 1.29 is 12.8 Å². The molecule has 102 valence electrons. The SMILES string of the molecule is CSCC(C)CNS(=O)(=O)c1ccc(N)c(F)c1. The number of halogens is 1. The van der Waals surface area contributed by atoms with Crippen LogP contribution in [-0.2, 0) is 10.0 Å². The number of hydrogen-bond acceptors (Lipinski definition) is 4. The van der Waals surface area contributed by atoms with Crippen LogP contribution in [0.25, 0.3) is 0 Å². The summed E-state index contributed by atoms with van der Waals surface area (Å²) >= 11 is 1.65. The number of nitrogen functional groups attached to an aromatic ring is 1. The van der Waals surface area contributed by atoms with Crippen molar-refractivity contribution in [3.63, 3.8) is 0 Å². The Kier molecular flexibility index (Phi) is 5.43. The molecule has 0 spiro atoms. The van der Waals surface area contributed by atoms with Crippen LogP contribution in [0.4, 0.5) is 10.1 Å². The van der Waals surface area contributed by atoms with Crippen LogP contribution in [-0.4, -0.2) is 27.0 Å². The number of rotatable bonds is 6. The monoisotopic (exact) mass is 292 g/mol. The molecule has 4 nitrogen and oxygen atoms in total. The summed E-state index contributed by atoms with van der Waals surface area (Å²) in [5.74, 6) is 0.349. The maximum atomic E-state index is 13.2. The van der Waals surface area contributed by atoms with Gasteiger partial charge in [-0.05, 0) is 36.1 Å². The van der Waals surface area contributed by atoms with Crippen LogP contribution < -0.4 is 10.5 Å². The zero-order chi connectivity index (χ0) is 13.8. The molecule has 0 aromatic heterocycles. The van der Waals surface area contributed by atoms with Gasteiger partial charge < -0.3 is 5.73 Å². The molecule has 0 aliphatic rings. The van der Waals surface area contributed by atoms with Crippen LogP contribution in [0, 0.1) is 11.7 Å². The van der Waals surface area contributed by atoms with Gasteiger partial charge in [-0.25, -0.2) is 17.5 Å². The lowest BCUT2D eigenvalue weighted by molar-refractivity contribution is 0.560. The predicted molar refractivity (Wildman–Crippen MR) is 73.5 cm³/mol. The Labute approximate surface area is 111 Å². The van der Waals surface area contributed by atoms with Gasteiger partial charge in [-0.1, -0.05) is 6.92 Å². The van der Waals surface area contributed by atoms with Gasteiger partial charge in [-0.2, -0.15) is 11.8 Å². The van der Waals surface area contributed by atoms with E-state index in [1.165, 1.54) is 12.1 Å². The van der Waals surface area contributed by atoms with Gasteiger partial charge in [-0.3, -0.25) is 0 Å². The molecule has 0 aliphatic carbocycles. The first-order chi connectivity index (χ1) is 8.36. The number of nitrogens with one attached hydrogen (secondary N) is 1. The van der Waals surface area contributed by atoms with Crippen molar-refractivity contribution >= 4 is 27.5 Å². The van der Waals surface area contributed by atoms with Crippen LogP contribution >= 0.6 is 11.8 Å². The van der Waals surface area contributed by atoms with Gasteiger partial charge in [0.2, 0.25) is 10.0 Å². The van der Waals surface area contributed by atoms with E-state index < -0.39 is 15.8 Å². The van der Waals surface area contributed by atoms with E-state index in [9.17, 15) is 12.8 Å². The van der Waals surface area contributed by atoms with Crippen LogP contribution in [0.5, 0.6) is 0 Å². The summed E-state index contributed by atoms with van der Waals surface area (Å²) in [5, 5.41) is 0. The molecular weight excluding hydrogens is 275 g/mol. The summed E-state index contributed by atoms with van der Waals surface area (Å²) in [6.45, 7) is 2.28. The third kappa shape index (κ3) is 4.15. The molecule has 0 aliphatic heterocycles. The molecule has 1 aromatic carbocycles. The van der Waals surface area contributed by atoms with Gasteiger partial charge in [0, 0.05) is 6.54 Å². The van der Waals surface area contributed by atoms with Gasteiger partial charge in [0.1, 0.15) is 5.82 Å². The van der Waals surface area contributed by atoms with E-state index >= 15 is 0 Å². The highest BCUT2D eigenvalue weighted by Gasteiger charge is 2.16. The fourth-order valence-corrected chi connectivity index (χ4v) is 3.22. The van der Waals surface area contributed by atoms with Crippen LogP contribution in [0.2, 0.25) is 0 Å². The molecule has 0 bridgehead atoms. The summed E-state index contributed by atoms with van der Waals surface area (Å²) in [6.07, 6.45) is 1.96. The van der Waals surface area contributed by atoms with Crippen molar-refractivity contribution in [3.8, 4) is 0 Å². The van der Waals surface area contributed by atoms with Gasteiger partial charge in [0.15, 0.2) is 0 Å². The first-order valence-electron chi connectivity index (χ1n) is 5.40. The Morgan fingerprint density at radius 3 is 2.72 bits per heavy atom. The van der Waals surface area contributed by atoms with E-state index in [0.717, 1.165) is 11.8 Å². The number of sulfonamides is 1. The molecular formula is C11H17FN2O2S2. The summed E-state index contributed by atoms with van der Waals surface area (Å²) < 4.78 is 39.4. The fraction of sp³-hybridized carbons (Fsp3) is 0.455. The standard InChI is InChI=1S/C11H17FN2O2S2/c1-8(7-17-2)6-14-18(15,16)9-3-4-11(13)10(12)5-9/h3-5,8,14H,6-7,13H2,1-2H3. The van der Waals surface area contributed by atoms with Gasteiger partial charge in [0.05, 0.1) is 10.6 Å². The molecule has 1 rings (SSSR count). The van der Waals surface area contributed by atoms with Crippen LogP contribution in [0.15, 0.2) is 23.1 Å². The Hall–Kier alpha value is -0.790. The highest BCUT2D eigenvalue weighted by Crippen LogP contribution is 2.16. The van der Waals surface area contributed by atoms with Gasteiger partial charge >= 0.3 is 0 Å². The molecule has 1 unspecified atom stereocenters. The third-order valence-corrected chi connectivity index (χ3v) is 4.68. The second kappa shape index (κ2) is 6.40. The highest BCUT2D eigenvalue weighted by molar-refractivity contribution is 7.98. The molecule has 0 saturated carbocycles. The van der Waals surface area contributed by atoms with E-state index in [4.69, 9.17) is 5.73 Å². The largest absolute Gasteiger partial charge is 0.396 e. The highest BCUT2D eigenvalue weighted by atomic mass is 32.2. The molecule has 0 heterocycles. The third-order valence-electron chi connectivity index (χ3n) is 2.36. The quantitative estimate of drug-likeness (QED) is 0.783. The Bertz CT molecular complexity index is 506. The summed E-state index contributed by atoms with van der Waals surface area (Å²) in [5.41, 5.74) is 5.24. The summed E-state index contributed by atoms with van der Waals surface area (Å²) in [4.78, 5) is -0.106. The normalized spacial score (nSPS) is 13.5. The van der Waals surface area contributed by atoms with Gasteiger partial charge in [0.25, 0.3) is 0 Å². The molecule has 0 radical (unpaired) electrons. The number of benzene rings is 1. The molecule has 18 heavy (non-hydrogen) atoms. The number of thioether (sulfide) groups is 1. The first-order valence-corrected chi connectivity index (χ1v) is 8.28. The van der Waals surface area contributed by atoms with Crippen LogP contribution in [0.3, 0.4) is 0 Å². The van der Waals surface area contributed by atoms with E-state index in [1.54, 1.807) is 11.8 Å². The van der Waals surface area contributed by atoms with E-state index in [-0.39, 0.29) is 16.5 Å². The predicted octanol–water partition coefficient (Wildman–Crippen LogP) is 1.69. The first kappa shape index (κ1) is 15.3. The lowest BCUT2D eigenvalue weighted by Gasteiger charge is -2.12. The molecule has 0 fully saturated rings. The molecule has 1 aromatic rings. The van der Waals surface area contributed by atoms with Crippen molar-refractivity contribution in [1.82, 2.24) is 4.72 Å². The van der Waals surface area contributed by atoms with Crippen LogP contribution in [0.1, 0.15) is 6.92 Å². The van der Waals surface area contributed by atoms with Crippen molar-refractivity contribution in [1.29, 1.82) is 0 Å². The minimum Gasteiger partial charge on any atom is -0.396 e. The van der Waals surface area contributed by atoms with E-state index in [2.05, 4.69) is 4.72 Å². The molecule has 0 amide bonds. The molecule has 1 atom stereocenters. The lowest BCUT2D eigenvalue weighted by Crippen LogP contribution is -2.29. The maximum absolute atomic E-state index is 13.2. The summed E-state index contributed by atoms with van der Waals surface area (Å²) in [6, 6.07) is 3.46. The Morgan fingerprint density at radius 2 is 2.17 bits per heavy atom. The average Bonchev–Trinajstić information content (AvgIpc) is 2.30. The second-order valence-corrected chi connectivity index (χ2v) is 6.77. The van der Waals surface area contributed by atoms with E-state index in [1.807, 2.05) is 13.2 Å². The number of hydrogen-bond donors (Lipinski definition) is 2. The Morgan fingerprint density at radius 1 is 1.50 bits per heavy atom. The second-order valence-electron chi connectivity index (χ2n) is 4.10. The number of anilines is 1. The minimum absolute atomic E-state index is 0.0651. The van der Waals surface area contributed by atoms with Crippen molar-refractivity contribution in [2.75, 3.05) is 24.3 Å². The van der Waals surface area contributed by atoms with Crippen molar-refractivity contribution in [2.24, 2.45) is 5.92 Å².